The highest BCUT2D eigenvalue weighted by molar-refractivity contribution is 6.35. The summed E-state index contributed by atoms with van der Waals surface area (Å²) >= 11 is 12.0. The van der Waals surface area contributed by atoms with E-state index in [0.29, 0.717) is 22.9 Å². The normalized spacial score (nSPS) is 12.5. The number of aliphatic hydroxyl groups is 1. The van der Waals surface area contributed by atoms with E-state index in [2.05, 4.69) is 6.58 Å². The van der Waals surface area contributed by atoms with Gasteiger partial charge in [-0.3, -0.25) is 0 Å². The van der Waals surface area contributed by atoms with Crippen LogP contribution in [-0.2, 0) is 6.42 Å². The van der Waals surface area contributed by atoms with Crippen LogP contribution in [0.4, 0.5) is 0 Å². The predicted octanol–water partition coefficient (Wildman–Crippen LogP) is 4.25. The molecule has 0 aliphatic heterocycles. The van der Waals surface area contributed by atoms with Crippen LogP contribution in [0.25, 0.3) is 0 Å². The van der Waals surface area contributed by atoms with Gasteiger partial charge in [0.2, 0.25) is 0 Å². The maximum atomic E-state index is 9.84. The van der Waals surface area contributed by atoms with Gasteiger partial charge < -0.3 is 5.11 Å². The van der Waals surface area contributed by atoms with Crippen LogP contribution in [0, 0.1) is 0 Å². The van der Waals surface area contributed by atoms with Crippen molar-refractivity contribution >= 4 is 23.2 Å². The number of aliphatic hydroxyl groups excluding tert-OH is 1. The highest BCUT2D eigenvalue weighted by Crippen LogP contribution is 2.26. The van der Waals surface area contributed by atoms with Crippen LogP contribution in [0.3, 0.4) is 0 Å². The van der Waals surface area contributed by atoms with Crippen molar-refractivity contribution < 1.29 is 5.11 Å². The van der Waals surface area contributed by atoms with Gasteiger partial charge in [-0.15, -0.1) is 6.58 Å². The van der Waals surface area contributed by atoms with Gasteiger partial charge in [-0.05, 0) is 37.5 Å². The molecule has 16 heavy (non-hydrogen) atoms. The molecule has 1 aromatic rings. The van der Waals surface area contributed by atoms with Crippen molar-refractivity contribution in [1.29, 1.82) is 0 Å². The van der Waals surface area contributed by atoms with E-state index in [1.54, 1.807) is 18.2 Å². The Bertz CT molecular complexity index is 354. The molecule has 1 rings (SSSR count). The van der Waals surface area contributed by atoms with Gasteiger partial charge in [0, 0.05) is 16.5 Å². The molecule has 1 atom stereocenters. The van der Waals surface area contributed by atoms with Gasteiger partial charge in [-0.1, -0.05) is 34.8 Å². The van der Waals surface area contributed by atoms with Crippen molar-refractivity contribution in [1.82, 2.24) is 0 Å². The second-order valence-corrected chi connectivity index (χ2v) is 4.87. The minimum Gasteiger partial charge on any atom is -0.393 e. The Morgan fingerprint density at radius 2 is 1.94 bits per heavy atom. The molecule has 0 aromatic heterocycles. The van der Waals surface area contributed by atoms with Crippen LogP contribution in [0.15, 0.2) is 30.4 Å². The lowest BCUT2D eigenvalue weighted by Gasteiger charge is -2.12. The number of benzene rings is 1. The highest BCUT2D eigenvalue weighted by Gasteiger charge is 2.11. The zero-order chi connectivity index (χ0) is 12.1. The second-order valence-electron chi connectivity index (χ2n) is 4.05. The van der Waals surface area contributed by atoms with Crippen molar-refractivity contribution in [3.05, 3.63) is 46.0 Å². The summed E-state index contributed by atoms with van der Waals surface area (Å²) in [5.74, 6) is 0. The Kier molecular flexibility index (Phi) is 5.33. The molecule has 1 aromatic carbocycles. The van der Waals surface area contributed by atoms with Gasteiger partial charge in [0.25, 0.3) is 0 Å². The van der Waals surface area contributed by atoms with Crippen molar-refractivity contribution in [2.75, 3.05) is 0 Å². The molecule has 3 heteroatoms. The standard InChI is InChI=1S/C13H16Cl2O/c1-9(2)6-7-10(16)8-11-12(14)4-3-5-13(11)15/h3-5,10,16H,1,6-8H2,2H3. The average Bonchev–Trinajstić information content (AvgIpc) is 2.21. The van der Waals surface area contributed by atoms with Crippen molar-refractivity contribution in [3.8, 4) is 0 Å². The van der Waals surface area contributed by atoms with Crippen LogP contribution in [0.1, 0.15) is 25.3 Å². The number of rotatable bonds is 5. The first kappa shape index (κ1) is 13.6. The van der Waals surface area contributed by atoms with E-state index < -0.39 is 6.10 Å². The molecule has 0 saturated heterocycles. The molecular formula is C13H16Cl2O. The lowest BCUT2D eigenvalue weighted by molar-refractivity contribution is 0.165. The maximum absolute atomic E-state index is 9.84. The smallest absolute Gasteiger partial charge is 0.0584 e. The zero-order valence-corrected chi connectivity index (χ0v) is 10.9. The van der Waals surface area contributed by atoms with E-state index in [4.69, 9.17) is 23.2 Å². The van der Waals surface area contributed by atoms with Gasteiger partial charge in [0.1, 0.15) is 0 Å². The fourth-order valence-corrected chi connectivity index (χ4v) is 2.03. The predicted molar refractivity (Wildman–Crippen MR) is 70.2 cm³/mol. The molecule has 0 radical (unpaired) electrons. The molecular weight excluding hydrogens is 243 g/mol. The average molecular weight is 259 g/mol. The minimum atomic E-state index is -0.422. The van der Waals surface area contributed by atoms with E-state index in [-0.39, 0.29) is 0 Å². The van der Waals surface area contributed by atoms with E-state index in [1.807, 2.05) is 6.92 Å². The van der Waals surface area contributed by atoms with Crippen LogP contribution in [-0.4, -0.2) is 11.2 Å². The number of hydrogen-bond donors (Lipinski definition) is 1. The Balaban J connectivity index is 2.62. The van der Waals surface area contributed by atoms with Gasteiger partial charge in [-0.25, -0.2) is 0 Å². The Hall–Kier alpha value is -0.500. The summed E-state index contributed by atoms with van der Waals surface area (Å²) in [5.41, 5.74) is 1.89. The molecule has 0 saturated carbocycles. The third kappa shape index (κ3) is 4.17. The molecule has 0 spiro atoms. The summed E-state index contributed by atoms with van der Waals surface area (Å²) < 4.78 is 0. The summed E-state index contributed by atoms with van der Waals surface area (Å²) in [6.07, 6.45) is 1.58. The topological polar surface area (TPSA) is 20.2 Å². The fraction of sp³-hybridized carbons (Fsp3) is 0.385. The van der Waals surface area contributed by atoms with E-state index in [9.17, 15) is 5.11 Å². The molecule has 88 valence electrons. The van der Waals surface area contributed by atoms with E-state index in [1.165, 1.54) is 0 Å². The number of hydrogen-bond acceptors (Lipinski definition) is 1. The molecule has 0 aliphatic rings. The van der Waals surface area contributed by atoms with Crippen LogP contribution in [0.5, 0.6) is 0 Å². The molecule has 0 bridgehead atoms. The monoisotopic (exact) mass is 258 g/mol. The zero-order valence-electron chi connectivity index (χ0n) is 9.34. The lowest BCUT2D eigenvalue weighted by atomic mass is 10.0. The molecule has 0 heterocycles. The summed E-state index contributed by atoms with van der Waals surface area (Å²) in [4.78, 5) is 0. The number of halogens is 2. The first-order valence-corrected chi connectivity index (χ1v) is 6.01. The van der Waals surface area contributed by atoms with Crippen LogP contribution >= 0.6 is 23.2 Å². The molecule has 1 N–H and O–H groups in total. The third-order valence-electron chi connectivity index (χ3n) is 2.41. The minimum absolute atomic E-state index is 0.422. The van der Waals surface area contributed by atoms with Crippen molar-refractivity contribution in [2.45, 2.75) is 32.3 Å². The van der Waals surface area contributed by atoms with Crippen molar-refractivity contribution in [2.24, 2.45) is 0 Å². The summed E-state index contributed by atoms with van der Waals surface area (Å²) in [5, 5.41) is 11.1. The lowest BCUT2D eigenvalue weighted by Crippen LogP contribution is -2.11. The second kappa shape index (κ2) is 6.29. The molecule has 0 fully saturated rings. The first-order valence-electron chi connectivity index (χ1n) is 5.26. The SMILES string of the molecule is C=C(C)CCC(O)Cc1c(Cl)cccc1Cl. The fourth-order valence-electron chi connectivity index (χ4n) is 1.48. The molecule has 1 unspecified atom stereocenters. The third-order valence-corrected chi connectivity index (χ3v) is 3.11. The summed E-state index contributed by atoms with van der Waals surface area (Å²) in [6.45, 7) is 5.76. The van der Waals surface area contributed by atoms with Gasteiger partial charge in [0.05, 0.1) is 6.10 Å². The summed E-state index contributed by atoms with van der Waals surface area (Å²) in [7, 11) is 0. The Morgan fingerprint density at radius 3 is 2.44 bits per heavy atom. The van der Waals surface area contributed by atoms with Gasteiger partial charge in [0.15, 0.2) is 0 Å². The Labute approximate surface area is 107 Å². The van der Waals surface area contributed by atoms with Crippen molar-refractivity contribution in [3.63, 3.8) is 0 Å². The summed E-state index contributed by atoms with van der Waals surface area (Å²) in [6, 6.07) is 5.37. The molecule has 0 amide bonds. The highest BCUT2D eigenvalue weighted by atomic mass is 35.5. The van der Waals surface area contributed by atoms with Crippen LogP contribution < -0.4 is 0 Å². The van der Waals surface area contributed by atoms with Gasteiger partial charge >= 0.3 is 0 Å². The maximum Gasteiger partial charge on any atom is 0.0584 e. The molecule has 1 nitrogen and oxygen atoms in total. The first-order chi connectivity index (χ1) is 7.50. The Morgan fingerprint density at radius 1 is 1.38 bits per heavy atom. The van der Waals surface area contributed by atoms with Crippen LogP contribution in [0.2, 0.25) is 10.0 Å². The largest absolute Gasteiger partial charge is 0.393 e. The quantitative estimate of drug-likeness (QED) is 0.783. The van der Waals surface area contributed by atoms with E-state index >= 15 is 0 Å². The van der Waals surface area contributed by atoms with E-state index in [0.717, 1.165) is 17.6 Å². The van der Waals surface area contributed by atoms with Gasteiger partial charge in [-0.2, -0.15) is 0 Å². The number of allylic oxidation sites excluding steroid dienone is 1. The molecule has 0 aliphatic carbocycles.